The molecule has 0 aliphatic carbocycles. The minimum atomic E-state index is -0.862. The molecular weight excluding hydrogens is 228 g/mol. The van der Waals surface area contributed by atoms with E-state index in [0.29, 0.717) is 12.0 Å². The average molecular weight is 252 g/mol. The van der Waals surface area contributed by atoms with Gasteiger partial charge >= 0.3 is 5.97 Å². The first kappa shape index (κ1) is 16.6. The van der Waals surface area contributed by atoms with E-state index < -0.39 is 11.6 Å². The summed E-state index contributed by atoms with van der Waals surface area (Å²) < 4.78 is 0. The molecule has 0 aromatic carbocycles. The second-order valence-electron chi connectivity index (χ2n) is 4.88. The Balaban J connectivity index is 4.03. The molecule has 0 aliphatic heterocycles. The van der Waals surface area contributed by atoms with Gasteiger partial charge in [-0.15, -0.1) is 6.58 Å². The van der Waals surface area contributed by atoms with Gasteiger partial charge in [0.05, 0.1) is 5.60 Å². The molecule has 0 heterocycles. The highest BCUT2D eigenvalue weighted by atomic mass is 16.4. The number of aliphatic hydroxyl groups is 1. The summed E-state index contributed by atoms with van der Waals surface area (Å²) in [5.74, 6) is -0.862. The van der Waals surface area contributed by atoms with Crippen LogP contribution in [0.2, 0.25) is 0 Å². The van der Waals surface area contributed by atoms with Crippen molar-refractivity contribution in [3.8, 4) is 0 Å². The minimum absolute atomic E-state index is 0.386. The summed E-state index contributed by atoms with van der Waals surface area (Å²) in [4.78, 5) is 10.6. The van der Waals surface area contributed by atoms with Gasteiger partial charge < -0.3 is 10.2 Å². The average Bonchev–Trinajstić information content (AvgIpc) is 2.28. The number of hydrogen-bond donors (Lipinski definition) is 2. The van der Waals surface area contributed by atoms with E-state index >= 15 is 0 Å². The Bertz CT molecular complexity index is 349. The summed E-state index contributed by atoms with van der Waals surface area (Å²) in [6.07, 6.45) is 8.40. The third-order valence-electron chi connectivity index (χ3n) is 2.91. The van der Waals surface area contributed by atoms with E-state index in [2.05, 4.69) is 12.7 Å². The molecule has 102 valence electrons. The van der Waals surface area contributed by atoms with Crippen molar-refractivity contribution in [1.29, 1.82) is 0 Å². The van der Waals surface area contributed by atoms with E-state index in [-0.39, 0.29) is 0 Å². The van der Waals surface area contributed by atoms with Crippen LogP contribution in [0.4, 0.5) is 0 Å². The normalized spacial score (nSPS) is 16.2. The number of carboxylic acids is 1. The molecule has 2 N–H and O–H groups in total. The highest BCUT2D eigenvalue weighted by Gasteiger charge is 2.13. The summed E-state index contributed by atoms with van der Waals surface area (Å²) in [6.45, 7) is 8.94. The smallest absolute Gasteiger partial charge is 0.330 e. The molecule has 0 rings (SSSR count). The maximum Gasteiger partial charge on any atom is 0.330 e. The molecule has 0 fully saturated rings. The van der Waals surface area contributed by atoms with Crippen LogP contribution in [0.5, 0.6) is 0 Å². The maximum absolute atomic E-state index is 10.6. The quantitative estimate of drug-likeness (QED) is 0.514. The molecular formula is C15H24O3. The Morgan fingerprint density at radius 3 is 2.39 bits per heavy atom. The van der Waals surface area contributed by atoms with Gasteiger partial charge in [-0.2, -0.15) is 0 Å². The number of aliphatic carboxylic acids is 1. The molecule has 0 amide bonds. The van der Waals surface area contributed by atoms with Crippen LogP contribution in [0.3, 0.4) is 0 Å². The van der Waals surface area contributed by atoms with Gasteiger partial charge in [0.15, 0.2) is 0 Å². The summed E-state index contributed by atoms with van der Waals surface area (Å²) in [6, 6.07) is 0. The third kappa shape index (κ3) is 7.85. The van der Waals surface area contributed by atoms with Crippen molar-refractivity contribution in [2.75, 3.05) is 0 Å². The van der Waals surface area contributed by atoms with Crippen LogP contribution in [0.1, 0.15) is 46.5 Å². The van der Waals surface area contributed by atoms with Gasteiger partial charge in [0.2, 0.25) is 0 Å². The first-order chi connectivity index (χ1) is 8.28. The molecule has 0 radical (unpaired) electrons. The van der Waals surface area contributed by atoms with Crippen LogP contribution in [-0.4, -0.2) is 21.8 Å². The van der Waals surface area contributed by atoms with Crippen molar-refractivity contribution in [3.63, 3.8) is 0 Å². The van der Waals surface area contributed by atoms with Gasteiger partial charge in [-0.1, -0.05) is 23.8 Å². The fourth-order valence-corrected chi connectivity index (χ4v) is 1.42. The molecule has 0 aliphatic rings. The topological polar surface area (TPSA) is 57.5 Å². The van der Waals surface area contributed by atoms with Crippen molar-refractivity contribution in [2.45, 2.75) is 52.1 Å². The van der Waals surface area contributed by atoms with Gasteiger partial charge in [0, 0.05) is 5.57 Å². The summed E-state index contributed by atoms with van der Waals surface area (Å²) in [7, 11) is 0. The fraction of sp³-hybridized carbons (Fsp3) is 0.533. The first-order valence-corrected chi connectivity index (χ1v) is 6.20. The van der Waals surface area contributed by atoms with Crippen LogP contribution in [0.15, 0.2) is 36.0 Å². The number of carbonyl (C=O) groups is 1. The fourth-order valence-electron chi connectivity index (χ4n) is 1.42. The molecule has 0 saturated carbocycles. The van der Waals surface area contributed by atoms with Crippen molar-refractivity contribution in [2.24, 2.45) is 0 Å². The van der Waals surface area contributed by atoms with Gasteiger partial charge in [0.1, 0.15) is 0 Å². The second-order valence-corrected chi connectivity index (χ2v) is 4.88. The van der Waals surface area contributed by atoms with E-state index in [9.17, 15) is 9.90 Å². The highest BCUT2D eigenvalue weighted by molar-refractivity contribution is 5.85. The van der Waals surface area contributed by atoms with Crippen molar-refractivity contribution >= 4 is 5.97 Å². The molecule has 0 aromatic rings. The first-order valence-electron chi connectivity index (χ1n) is 6.20. The Kier molecular flexibility index (Phi) is 7.29. The van der Waals surface area contributed by atoms with Gasteiger partial charge in [-0.3, -0.25) is 0 Å². The summed E-state index contributed by atoms with van der Waals surface area (Å²) >= 11 is 0. The molecule has 0 saturated heterocycles. The number of hydrogen-bond acceptors (Lipinski definition) is 2. The molecule has 0 aromatic heterocycles. The zero-order valence-electron chi connectivity index (χ0n) is 11.6. The lowest BCUT2D eigenvalue weighted by molar-refractivity contribution is -0.132. The van der Waals surface area contributed by atoms with Crippen molar-refractivity contribution < 1.29 is 15.0 Å². The lowest BCUT2D eigenvalue weighted by atomic mass is 9.99. The Labute approximate surface area is 110 Å². The Morgan fingerprint density at radius 1 is 1.28 bits per heavy atom. The van der Waals surface area contributed by atoms with E-state index in [0.717, 1.165) is 19.3 Å². The predicted molar refractivity (Wildman–Crippen MR) is 74.4 cm³/mol. The molecule has 3 heteroatoms. The third-order valence-corrected chi connectivity index (χ3v) is 2.91. The lowest BCUT2D eigenvalue weighted by Crippen LogP contribution is -2.19. The number of rotatable bonds is 8. The molecule has 0 bridgehead atoms. The Hall–Kier alpha value is -1.35. The van der Waals surface area contributed by atoms with E-state index in [1.807, 2.05) is 6.92 Å². The zero-order valence-corrected chi connectivity index (χ0v) is 11.6. The monoisotopic (exact) mass is 252 g/mol. The minimum Gasteiger partial charge on any atom is -0.478 e. The van der Waals surface area contributed by atoms with Gasteiger partial charge in [0.25, 0.3) is 0 Å². The van der Waals surface area contributed by atoms with Crippen LogP contribution >= 0.6 is 0 Å². The van der Waals surface area contributed by atoms with E-state index in [1.54, 1.807) is 26.0 Å². The standard InChI is InChI=1S/C15H24O3/c1-5-15(4,18)11-7-9-12(2)8-6-10-13(3)14(16)17/h5,9-10,18H,1,6-8,11H2,2-4H3,(H,16,17). The van der Waals surface area contributed by atoms with Gasteiger partial charge in [-0.05, 0) is 46.5 Å². The second kappa shape index (κ2) is 7.88. The van der Waals surface area contributed by atoms with Crippen LogP contribution in [0.25, 0.3) is 0 Å². The molecule has 1 atom stereocenters. The molecule has 3 nitrogen and oxygen atoms in total. The van der Waals surface area contributed by atoms with Crippen LogP contribution in [-0.2, 0) is 4.79 Å². The SMILES string of the molecule is C=CC(C)(O)CCC=C(C)CCC=C(C)C(=O)O. The lowest BCUT2D eigenvalue weighted by Gasteiger charge is -2.16. The highest BCUT2D eigenvalue weighted by Crippen LogP contribution is 2.15. The summed E-state index contributed by atoms with van der Waals surface area (Å²) in [5, 5.41) is 18.4. The van der Waals surface area contributed by atoms with Crippen LogP contribution in [0, 0.1) is 0 Å². The van der Waals surface area contributed by atoms with E-state index in [4.69, 9.17) is 5.11 Å². The zero-order chi connectivity index (χ0) is 14.2. The Morgan fingerprint density at radius 2 is 1.89 bits per heavy atom. The molecule has 18 heavy (non-hydrogen) atoms. The largest absolute Gasteiger partial charge is 0.478 e. The van der Waals surface area contributed by atoms with E-state index in [1.165, 1.54) is 5.57 Å². The predicted octanol–water partition coefficient (Wildman–Crippen LogP) is 3.46. The number of allylic oxidation sites excluding steroid dienone is 3. The van der Waals surface area contributed by atoms with Gasteiger partial charge in [-0.25, -0.2) is 4.79 Å². The van der Waals surface area contributed by atoms with Crippen molar-refractivity contribution in [1.82, 2.24) is 0 Å². The molecule has 0 spiro atoms. The van der Waals surface area contributed by atoms with Crippen molar-refractivity contribution in [3.05, 3.63) is 36.0 Å². The van der Waals surface area contributed by atoms with Crippen LogP contribution < -0.4 is 0 Å². The number of carboxylic acid groups (broad SMARTS) is 1. The molecule has 1 unspecified atom stereocenters. The summed E-state index contributed by atoms with van der Waals surface area (Å²) in [5.41, 5.74) is 0.790. The maximum atomic E-state index is 10.6.